The summed E-state index contributed by atoms with van der Waals surface area (Å²) in [6, 6.07) is 0. The molecule has 1 aliphatic rings. The van der Waals surface area contributed by atoms with E-state index < -0.39 is 23.6 Å². The fourth-order valence-electron chi connectivity index (χ4n) is 1.98. The quantitative estimate of drug-likeness (QED) is 0.648. The number of aliphatic carboxylic acids is 2. The van der Waals surface area contributed by atoms with Gasteiger partial charge in [0.05, 0.1) is 0 Å². The molecule has 6 heteroatoms. The summed E-state index contributed by atoms with van der Waals surface area (Å²) in [5.74, 6) is -5.81. The van der Waals surface area contributed by atoms with E-state index in [0.717, 1.165) is 25.9 Å². The van der Waals surface area contributed by atoms with Crippen LogP contribution in [0, 0.1) is 5.92 Å². The number of nitrogens with zero attached hydrogens (tertiary/aromatic N) is 1. The highest BCUT2D eigenvalue weighted by Gasteiger charge is 2.33. The van der Waals surface area contributed by atoms with Crippen molar-refractivity contribution in [1.82, 2.24) is 4.90 Å². The Hall–Kier alpha value is -1.43. The maximum absolute atomic E-state index is 11.5. The summed E-state index contributed by atoms with van der Waals surface area (Å²) in [5.41, 5.74) is 0. The van der Waals surface area contributed by atoms with Gasteiger partial charge >= 0.3 is 11.9 Å². The Morgan fingerprint density at radius 1 is 1.00 bits per heavy atom. The Morgan fingerprint density at radius 2 is 1.53 bits per heavy atom. The Bertz CT molecular complexity index is 295. The van der Waals surface area contributed by atoms with E-state index in [0.29, 0.717) is 6.54 Å². The zero-order valence-electron chi connectivity index (χ0n) is 9.59. The lowest BCUT2D eigenvalue weighted by atomic mass is 10.0. The standard InChI is InChI=1S/C11H17NO5/c13-8(9(10(14)15)11(16)17)4-7-12-5-2-1-3-6-12/h9H,1-7H2,(H,14,15)(H,16,17). The normalized spacial score (nSPS) is 17.0. The number of Topliss-reactive ketones (excluding diaryl/α,β-unsaturated/α-hetero) is 1. The van der Waals surface area contributed by atoms with E-state index in [4.69, 9.17) is 10.2 Å². The van der Waals surface area contributed by atoms with Crippen molar-refractivity contribution in [2.24, 2.45) is 5.92 Å². The molecule has 1 saturated heterocycles. The smallest absolute Gasteiger partial charge is 0.325 e. The Kier molecular flexibility index (Phi) is 5.09. The lowest BCUT2D eigenvalue weighted by Crippen LogP contribution is -2.36. The number of carboxylic acid groups (broad SMARTS) is 2. The number of carboxylic acids is 2. The van der Waals surface area contributed by atoms with Gasteiger partial charge in [-0.15, -0.1) is 0 Å². The van der Waals surface area contributed by atoms with E-state index in [2.05, 4.69) is 4.90 Å². The van der Waals surface area contributed by atoms with Gasteiger partial charge in [0.15, 0.2) is 5.78 Å². The fourth-order valence-corrected chi connectivity index (χ4v) is 1.98. The Morgan fingerprint density at radius 3 is 2.00 bits per heavy atom. The van der Waals surface area contributed by atoms with Crippen molar-refractivity contribution in [1.29, 1.82) is 0 Å². The van der Waals surface area contributed by atoms with Crippen LogP contribution in [0.1, 0.15) is 25.7 Å². The molecule has 0 atom stereocenters. The summed E-state index contributed by atoms with van der Waals surface area (Å²) >= 11 is 0. The first-order valence-electron chi connectivity index (χ1n) is 5.73. The number of hydrogen-bond acceptors (Lipinski definition) is 4. The second-order valence-electron chi connectivity index (χ2n) is 4.23. The molecule has 0 aliphatic carbocycles. The fraction of sp³-hybridized carbons (Fsp3) is 0.727. The van der Waals surface area contributed by atoms with Crippen molar-refractivity contribution in [2.45, 2.75) is 25.7 Å². The van der Waals surface area contributed by atoms with Gasteiger partial charge in [-0.3, -0.25) is 14.4 Å². The van der Waals surface area contributed by atoms with Crippen LogP contribution in [0.2, 0.25) is 0 Å². The van der Waals surface area contributed by atoms with Gasteiger partial charge in [-0.2, -0.15) is 0 Å². The first kappa shape index (κ1) is 13.6. The average Bonchev–Trinajstić information content (AvgIpc) is 2.27. The molecule has 0 radical (unpaired) electrons. The van der Waals surface area contributed by atoms with Crippen LogP contribution in [0.3, 0.4) is 0 Å². The van der Waals surface area contributed by atoms with Crippen LogP contribution < -0.4 is 0 Å². The maximum Gasteiger partial charge on any atom is 0.325 e. The third-order valence-corrected chi connectivity index (χ3v) is 2.94. The molecule has 0 spiro atoms. The van der Waals surface area contributed by atoms with Gasteiger partial charge < -0.3 is 15.1 Å². The van der Waals surface area contributed by atoms with Crippen LogP contribution in [-0.4, -0.2) is 52.5 Å². The first-order valence-corrected chi connectivity index (χ1v) is 5.73. The highest BCUT2D eigenvalue weighted by atomic mass is 16.4. The molecule has 1 fully saturated rings. The molecular weight excluding hydrogens is 226 g/mol. The zero-order chi connectivity index (χ0) is 12.8. The van der Waals surface area contributed by atoms with Crippen LogP contribution >= 0.6 is 0 Å². The second kappa shape index (κ2) is 6.34. The molecule has 0 aromatic carbocycles. The van der Waals surface area contributed by atoms with E-state index in [1.165, 1.54) is 6.42 Å². The van der Waals surface area contributed by atoms with Gasteiger partial charge in [0, 0.05) is 13.0 Å². The zero-order valence-corrected chi connectivity index (χ0v) is 9.59. The number of rotatable bonds is 6. The lowest BCUT2D eigenvalue weighted by Gasteiger charge is -2.26. The van der Waals surface area contributed by atoms with Gasteiger partial charge in [-0.1, -0.05) is 6.42 Å². The van der Waals surface area contributed by atoms with Crippen molar-refractivity contribution < 1.29 is 24.6 Å². The summed E-state index contributed by atoms with van der Waals surface area (Å²) in [5, 5.41) is 17.3. The van der Waals surface area contributed by atoms with E-state index in [1.54, 1.807) is 0 Å². The summed E-state index contributed by atoms with van der Waals surface area (Å²) < 4.78 is 0. The van der Waals surface area contributed by atoms with E-state index >= 15 is 0 Å². The molecule has 1 aliphatic heterocycles. The number of carbonyl (C=O) groups is 3. The number of hydrogen-bond donors (Lipinski definition) is 2. The topological polar surface area (TPSA) is 94.9 Å². The van der Waals surface area contributed by atoms with Crippen molar-refractivity contribution in [2.75, 3.05) is 19.6 Å². The second-order valence-corrected chi connectivity index (χ2v) is 4.23. The van der Waals surface area contributed by atoms with Crippen LogP contribution in [0.25, 0.3) is 0 Å². The summed E-state index contributed by atoms with van der Waals surface area (Å²) in [6.07, 6.45) is 3.32. The monoisotopic (exact) mass is 243 g/mol. The summed E-state index contributed by atoms with van der Waals surface area (Å²) in [6.45, 7) is 2.26. The molecule has 0 amide bonds. The number of likely N-dealkylation sites (tertiary alicyclic amines) is 1. The predicted octanol–water partition coefficient (Wildman–Crippen LogP) is 0.217. The molecule has 0 unspecified atom stereocenters. The molecule has 0 aromatic heterocycles. The largest absolute Gasteiger partial charge is 0.480 e. The molecule has 1 heterocycles. The van der Waals surface area contributed by atoms with Crippen molar-refractivity contribution in [3.8, 4) is 0 Å². The van der Waals surface area contributed by atoms with Crippen LogP contribution in [0.15, 0.2) is 0 Å². The number of piperidine rings is 1. The molecule has 0 saturated carbocycles. The van der Waals surface area contributed by atoms with Crippen LogP contribution in [-0.2, 0) is 14.4 Å². The van der Waals surface area contributed by atoms with Gasteiger partial charge in [-0.25, -0.2) is 0 Å². The minimum atomic E-state index is -1.92. The minimum absolute atomic E-state index is 0.0106. The van der Waals surface area contributed by atoms with Gasteiger partial charge in [0.25, 0.3) is 0 Å². The Balaban J connectivity index is 2.41. The maximum atomic E-state index is 11.5. The lowest BCUT2D eigenvalue weighted by molar-refractivity contribution is -0.157. The van der Waals surface area contributed by atoms with Crippen molar-refractivity contribution in [3.63, 3.8) is 0 Å². The van der Waals surface area contributed by atoms with E-state index in [-0.39, 0.29) is 6.42 Å². The highest BCUT2D eigenvalue weighted by Crippen LogP contribution is 2.10. The van der Waals surface area contributed by atoms with Crippen molar-refractivity contribution in [3.05, 3.63) is 0 Å². The SMILES string of the molecule is O=C(O)C(C(=O)O)C(=O)CCN1CCCCC1. The third kappa shape index (κ3) is 4.14. The van der Waals surface area contributed by atoms with Crippen LogP contribution in [0.5, 0.6) is 0 Å². The summed E-state index contributed by atoms with van der Waals surface area (Å²) in [7, 11) is 0. The molecule has 1 rings (SSSR count). The first-order chi connectivity index (χ1) is 8.02. The number of carbonyl (C=O) groups excluding carboxylic acids is 1. The van der Waals surface area contributed by atoms with Crippen molar-refractivity contribution >= 4 is 17.7 Å². The number of ketones is 1. The summed E-state index contributed by atoms with van der Waals surface area (Å²) in [4.78, 5) is 34.8. The molecule has 0 bridgehead atoms. The molecule has 6 nitrogen and oxygen atoms in total. The average molecular weight is 243 g/mol. The van der Waals surface area contributed by atoms with Gasteiger partial charge in [0.2, 0.25) is 5.92 Å². The molecular formula is C11H17NO5. The van der Waals surface area contributed by atoms with Gasteiger partial charge in [-0.05, 0) is 25.9 Å². The van der Waals surface area contributed by atoms with E-state index in [1.807, 2.05) is 0 Å². The predicted molar refractivity (Wildman–Crippen MR) is 58.7 cm³/mol. The van der Waals surface area contributed by atoms with Gasteiger partial charge in [0.1, 0.15) is 0 Å². The Labute approximate surface area is 99.2 Å². The van der Waals surface area contributed by atoms with E-state index in [9.17, 15) is 14.4 Å². The van der Waals surface area contributed by atoms with Crippen LogP contribution in [0.4, 0.5) is 0 Å². The molecule has 2 N–H and O–H groups in total. The minimum Gasteiger partial charge on any atom is -0.480 e. The molecule has 96 valence electrons. The molecule has 0 aromatic rings. The highest BCUT2D eigenvalue weighted by molar-refractivity contribution is 6.13. The molecule has 17 heavy (non-hydrogen) atoms. The third-order valence-electron chi connectivity index (χ3n) is 2.94.